The fourth-order valence-electron chi connectivity index (χ4n) is 2.19. The van der Waals surface area contributed by atoms with Crippen LogP contribution in [0.3, 0.4) is 0 Å². The first-order valence-corrected chi connectivity index (χ1v) is 6.56. The number of hydrogen-bond donors (Lipinski definition) is 2. The van der Waals surface area contributed by atoms with Crippen molar-refractivity contribution in [2.24, 2.45) is 17.1 Å². The van der Waals surface area contributed by atoms with Gasteiger partial charge in [0.05, 0.1) is 25.3 Å². The number of carbonyl (C=O) groups excluding carboxylic acids is 1. The molecule has 0 saturated carbocycles. The fourth-order valence-corrected chi connectivity index (χ4v) is 2.19. The lowest BCUT2D eigenvalue weighted by molar-refractivity contribution is -0.145. The molecule has 6 heteroatoms. The van der Waals surface area contributed by atoms with E-state index in [4.69, 9.17) is 15.6 Å². The lowest BCUT2D eigenvalue weighted by Gasteiger charge is -2.35. The number of likely N-dealkylation sites (N-methyl/N-ethyl adjacent to an activating group) is 1. The van der Waals surface area contributed by atoms with E-state index in [1.165, 1.54) is 0 Å². The van der Waals surface area contributed by atoms with Crippen LogP contribution in [0.2, 0.25) is 0 Å². The SMILES string of the molecule is CCN(C(=O)[C@@H](N)C(C)(C)C)C1COCC1C(=O)O. The summed E-state index contributed by atoms with van der Waals surface area (Å²) in [6.45, 7) is 8.34. The van der Waals surface area contributed by atoms with Crippen molar-refractivity contribution in [3.8, 4) is 0 Å². The van der Waals surface area contributed by atoms with Crippen molar-refractivity contribution in [2.75, 3.05) is 19.8 Å². The minimum Gasteiger partial charge on any atom is -0.481 e. The largest absolute Gasteiger partial charge is 0.481 e. The van der Waals surface area contributed by atoms with E-state index >= 15 is 0 Å². The molecule has 3 N–H and O–H groups in total. The lowest BCUT2D eigenvalue weighted by Crippen LogP contribution is -2.55. The van der Waals surface area contributed by atoms with E-state index in [0.29, 0.717) is 6.54 Å². The highest BCUT2D eigenvalue weighted by Crippen LogP contribution is 2.24. The van der Waals surface area contributed by atoms with Crippen LogP contribution in [0.5, 0.6) is 0 Å². The second-order valence-corrected chi connectivity index (χ2v) is 6.02. The highest BCUT2D eigenvalue weighted by Gasteiger charge is 2.42. The average molecular weight is 272 g/mol. The molecule has 0 radical (unpaired) electrons. The predicted octanol–water partition coefficient (Wildman–Crippen LogP) is 0.308. The van der Waals surface area contributed by atoms with Gasteiger partial charge in [-0.05, 0) is 12.3 Å². The van der Waals surface area contributed by atoms with Gasteiger partial charge in [-0.3, -0.25) is 9.59 Å². The van der Waals surface area contributed by atoms with E-state index < -0.39 is 24.0 Å². The van der Waals surface area contributed by atoms with E-state index in [1.54, 1.807) is 4.90 Å². The maximum atomic E-state index is 12.4. The Kier molecular flexibility index (Phi) is 4.92. The van der Waals surface area contributed by atoms with Gasteiger partial charge in [0.1, 0.15) is 5.92 Å². The van der Waals surface area contributed by atoms with E-state index in [-0.39, 0.29) is 24.5 Å². The van der Waals surface area contributed by atoms with Gasteiger partial charge in [-0.1, -0.05) is 20.8 Å². The Labute approximate surface area is 113 Å². The molecular formula is C13H24N2O4. The Balaban J connectivity index is 2.88. The maximum Gasteiger partial charge on any atom is 0.311 e. The molecule has 0 bridgehead atoms. The summed E-state index contributed by atoms with van der Waals surface area (Å²) in [7, 11) is 0. The van der Waals surface area contributed by atoms with Crippen molar-refractivity contribution in [2.45, 2.75) is 39.8 Å². The highest BCUT2D eigenvalue weighted by atomic mass is 16.5. The van der Waals surface area contributed by atoms with Crippen molar-refractivity contribution in [1.29, 1.82) is 0 Å². The standard InChI is InChI=1S/C13H24N2O4/c1-5-15(11(16)10(14)13(2,3)4)9-7-19-6-8(9)12(17)18/h8-10H,5-7,14H2,1-4H3,(H,17,18)/t8?,9?,10-/m1/s1. The Hall–Kier alpha value is -1.14. The average Bonchev–Trinajstić information content (AvgIpc) is 2.76. The number of carbonyl (C=O) groups is 2. The summed E-state index contributed by atoms with van der Waals surface area (Å²) in [5.41, 5.74) is 5.62. The Bertz CT molecular complexity index is 351. The minimum absolute atomic E-state index is 0.147. The Morgan fingerprint density at radius 2 is 2.00 bits per heavy atom. The van der Waals surface area contributed by atoms with Crippen molar-refractivity contribution < 1.29 is 19.4 Å². The number of nitrogens with two attached hydrogens (primary N) is 1. The number of aliphatic carboxylic acids is 1. The third-order valence-corrected chi connectivity index (χ3v) is 3.59. The molecule has 1 heterocycles. The number of nitrogens with zero attached hydrogens (tertiary/aromatic N) is 1. The molecule has 1 aliphatic rings. The van der Waals surface area contributed by atoms with Gasteiger partial charge in [-0.2, -0.15) is 0 Å². The van der Waals surface area contributed by atoms with Gasteiger partial charge in [0.2, 0.25) is 5.91 Å². The molecule has 6 nitrogen and oxygen atoms in total. The molecule has 1 fully saturated rings. The number of carboxylic acids is 1. The second-order valence-electron chi connectivity index (χ2n) is 6.02. The van der Waals surface area contributed by atoms with Crippen molar-refractivity contribution in [1.82, 2.24) is 4.90 Å². The van der Waals surface area contributed by atoms with Crippen LogP contribution in [0.1, 0.15) is 27.7 Å². The smallest absolute Gasteiger partial charge is 0.311 e. The first-order valence-electron chi connectivity index (χ1n) is 6.56. The molecule has 1 aliphatic heterocycles. The Morgan fingerprint density at radius 3 is 2.42 bits per heavy atom. The second kappa shape index (κ2) is 5.88. The van der Waals surface area contributed by atoms with Crippen LogP contribution < -0.4 is 5.73 Å². The van der Waals surface area contributed by atoms with Crippen molar-refractivity contribution in [3.05, 3.63) is 0 Å². The topological polar surface area (TPSA) is 92.9 Å². The minimum atomic E-state index is -0.932. The van der Waals surface area contributed by atoms with Crippen LogP contribution in [0, 0.1) is 11.3 Å². The maximum absolute atomic E-state index is 12.4. The van der Waals surface area contributed by atoms with Gasteiger partial charge in [-0.15, -0.1) is 0 Å². The lowest BCUT2D eigenvalue weighted by atomic mass is 9.86. The summed E-state index contributed by atoms with van der Waals surface area (Å²) in [4.78, 5) is 25.1. The number of amides is 1. The molecule has 0 aromatic heterocycles. The summed E-state index contributed by atoms with van der Waals surface area (Å²) in [5.74, 6) is -1.81. The molecule has 19 heavy (non-hydrogen) atoms. The predicted molar refractivity (Wildman–Crippen MR) is 70.6 cm³/mol. The van der Waals surface area contributed by atoms with Crippen molar-refractivity contribution in [3.63, 3.8) is 0 Å². The Morgan fingerprint density at radius 1 is 1.42 bits per heavy atom. The van der Waals surface area contributed by atoms with Crippen LogP contribution in [0.25, 0.3) is 0 Å². The molecule has 110 valence electrons. The summed E-state index contributed by atoms with van der Waals surface area (Å²) in [6, 6.07) is -1.08. The first kappa shape index (κ1) is 15.9. The molecule has 1 rings (SSSR count). The van der Waals surface area contributed by atoms with Crippen molar-refractivity contribution >= 4 is 11.9 Å². The van der Waals surface area contributed by atoms with Gasteiger partial charge in [0.25, 0.3) is 0 Å². The molecule has 0 aromatic rings. The summed E-state index contributed by atoms with van der Waals surface area (Å²) in [5, 5.41) is 9.16. The van der Waals surface area contributed by atoms with Gasteiger partial charge in [-0.25, -0.2) is 0 Å². The van der Waals surface area contributed by atoms with Crippen LogP contribution in [-0.4, -0.2) is 53.7 Å². The quantitative estimate of drug-likeness (QED) is 0.768. The fraction of sp³-hybridized carbons (Fsp3) is 0.846. The van der Waals surface area contributed by atoms with Crippen LogP contribution in [0.4, 0.5) is 0 Å². The molecule has 0 aliphatic carbocycles. The van der Waals surface area contributed by atoms with E-state index in [9.17, 15) is 9.59 Å². The zero-order valence-corrected chi connectivity index (χ0v) is 12.0. The van der Waals surface area contributed by atoms with E-state index in [2.05, 4.69) is 0 Å². The number of ether oxygens (including phenoxy) is 1. The third kappa shape index (κ3) is 3.45. The van der Waals surface area contributed by atoms with E-state index in [1.807, 2.05) is 27.7 Å². The molecule has 0 spiro atoms. The first-order chi connectivity index (χ1) is 8.70. The molecule has 1 saturated heterocycles. The molecule has 1 amide bonds. The monoisotopic (exact) mass is 272 g/mol. The third-order valence-electron chi connectivity index (χ3n) is 3.59. The summed E-state index contributed by atoms with van der Waals surface area (Å²) >= 11 is 0. The van der Waals surface area contributed by atoms with Crippen LogP contribution in [-0.2, 0) is 14.3 Å². The van der Waals surface area contributed by atoms with E-state index in [0.717, 1.165) is 0 Å². The summed E-state index contributed by atoms with van der Waals surface area (Å²) < 4.78 is 5.21. The van der Waals surface area contributed by atoms with Crippen LogP contribution in [0.15, 0.2) is 0 Å². The van der Waals surface area contributed by atoms with Gasteiger partial charge in [0, 0.05) is 6.54 Å². The molecular weight excluding hydrogens is 248 g/mol. The summed E-state index contributed by atoms with van der Waals surface area (Å²) in [6.07, 6.45) is 0. The normalized spacial score (nSPS) is 25.1. The molecule has 3 atom stereocenters. The van der Waals surface area contributed by atoms with Crippen LogP contribution >= 0.6 is 0 Å². The molecule has 2 unspecified atom stereocenters. The van der Waals surface area contributed by atoms with Gasteiger partial charge in [0.15, 0.2) is 0 Å². The number of hydrogen-bond acceptors (Lipinski definition) is 4. The zero-order chi connectivity index (χ0) is 14.8. The zero-order valence-electron chi connectivity index (χ0n) is 12.0. The highest BCUT2D eigenvalue weighted by molar-refractivity contribution is 5.83. The van der Waals surface area contributed by atoms with Gasteiger partial charge >= 0.3 is 5.97 Å². The van der Waals surface area contributed by atoms with Gasteiger partial charge < -0.3 is 20.5 Å². The molecule has 0 aromatic carbocycles. The number of rotatable bonds is 4. The number of carboxylic acid groups (broad SMARTS) is 1.